The number of benzene rings is 1. The summed E-state index contributed by atoms with van der Waals surface area (Å²) in [7, 11) is 0. The Morgan fingerprint density at radius 2 is 2.00 bits per heavy atom. The minimum Gasteiger partial charge on any atom is -0.353 e. The predicted molar refractivity (Wildman–Crippen MR) is 66.9 cm³/mol. The van der Waals surface area contributed by atoms with Crippen molar-refractivity contribution in [3.05, 3.63) is 46.8 Å². The van der Waals surface area contributed by atoms with E-state index in [2.05, 4.69) is 15.3 Å². The van der Waals surface area contributed by atoms with Gasteiger partial charge in [-0.2, -0.15) is 0 Å². The van der Waals surface area contributed by atoms with Gasteiger partial charge in [-0.3, -0.25) is 9.78 Å². The molecule has 2 N–H and O–H groups in total. The van der Waals surface area contributed by atoms with Crippen LogP contribution in [-0.4, -0.2) is 16.0 Å². The van der Waals surface area contributed by atoms with E-state index in [1.165, 1.54) is 6.07 Å². The van der Waals surface area contributed by atoms with Gasteiger partial charge < -0.3 is 5.32 Å². The molecule has 1 aromatic heterocycles. The molecule has 1 saturated carbocycles. The summed E-state index contributed by atoms with van der Waals surface area (Å²) in [5, 5.41) is 3.20. The minimum atomic E-state index is -0.123. The Hall–Kier alpha value is -2.10. The van der Waals surface area contributed by atoms with Crippen molar-refractivity contribution in [1.82, 2.24) is 9.97 Å². The predicted octanol–water partition coefficient (Wildman–Crippen LogP) is 2.01. The van der Waals surface area contributed by atoms with Crippen LogP contribution in [0.25, 0.3) is 11.3 Å². The van der Waals surface area contributed by atoms with Gasteiger partial charge in [0.05, 0.1) is 5.69 Å². The number of aromatic nitrogens is 2. The van der Waals surface area contributed by atoms with Crippen molar-refractivity contribution in [3.8, 4) is 11.3 Å². The van der Waals surface area contributed by atoms with Gasteiger partial charge in [-0.1, -0.05) is 30.3 Å². The smallest absolute Gasteiger partial charge is 0.252 e. The van der Waals surface area contributed by atoms with Crippen molar-refractivity contribution >= 4 is 5.95 Å². The maximum atomic E-state index is 11.6. The maximum Gasteiger partial charge on any atom is 0.252 e. The molecular weight excluding hydrogens is 214 g/mol. The third-order valence-electron chi connectivity index (χ3n) is 2.73. The van der Waals surface area contributed by atoms with Crippen molar-refractivity contribution in [2.45, 2.75) is 18.9 Å². The Morgan fingerprint density at radius 3 is 2.71 bits per heavy atom. The number of nitrogens with zero attached hydrogens (tertiary/aromatic N) is 1. The summed E-state index contributed by atoms with van der Waals surface area (Å²) in [5.41, 5.74) is 1.54. The summed E-state index contributed by atoms with van der Waals surface area (Å²) in [4.78, 5) is 18.7. The van der Waals surface area contributed by atoms with Crippen LogP contribution in [0.2, 0.25) is 0 Å². The van der Waals surface area contributed by atoms with E-state index in [0.29, 0.717) is 17.7 Å². The zero-order valence-corrected chi connectivity index (χ0v) is 9.31. The van der Waals surface area contributed by atoms with Crippen molar-refractivity contribution < 1.29 is 0 Å². The molecule has 4 heteroatoms. The van der Waals surface area contributed by atoms with Crippen LogP contribution in [0, 0.1) is 0 Å². The molecule has 17 heavy (non-hydrogen) atoms. The van der Waals surface area contributed by atoms with E-state index in [0.717, 1.165) is 18.4 Å². The number of hydrogen-bond donors (Lipinski definition) is 2. The third kappa shape index (κ3) is 2.36. The molecule has 1 aromatic carbocycles. The average molecular weight is 227 g/mol. The molecule has 0 atom stereocenters. The normalized spacial score (nSPS) is 14.6. The monoisotopic (exact) mass is 227 g/mol. The highest BCUT2D eigenvalue weighted by Crippen LogP contribution is 2.23. The van der Waals surface area contributed by atoms with Crippen LogP contribution in [-0.2, 0) is 0 Å². The molecule has 0 radical (unpaired) electrons. The summed E-state index contributed by atoms with van der Waals surface area (Å²) in [6.07, 6.45) is 2.30. The lowest BCUT2D eigenvalue weighted by Gasteiger charge is -2.05. The molecule has 86 valence electrons. The highest BCUT2D eigenvalue weighted by Gasteiger charge is 2.21. The molecule has 0 aliphatic heterocycles. The van der Waals surface area contributed by atoms with Gasteiger partial charge in [0.1, 0.15) is 0 Å². The number of rotatable bonds is 3. The first kappa shape index (κ1) is 10.1. The number of H-pyrrole nitrogens is 1. The first-order chi connectivity index (χ1) is 8.31. The number of aromatic amines is 1. The minimum absolute atomic E-state index is 0.123. The summed E-state index contributed by atoms with van der Waals surface area (Å²) in [6.45, 7) is 0. The van der Waals surface area contributed by atoms with Crippen LogP contribution in [0.5, 0.6) is 0 Å². The summed E-state index contributed by atoms with van der Waals surface area (Å²) in [5.74, 6) is 0.568. The van der Waals surface area contributed by atoms with E-state index in [9.17, 15) is 4.79 Å². The van der Waals surface area contributed by atoms with Crippen LogP contribution in [0.15, 0.2) is 41.2 Å². The Balaban J connectivity index is 1.98. The van der Waals surface area contributed by atoms with Gasteiger partial charge in [0.2, 0.25) is 5.95 Å². The quantitative estimate of drug-likeness (QED) is 0.843. The largest absolute Gasteiger partial charge is 0.353 e. The Morgan fingerprint density at radius 1 is 1.24 bits per heavy atom. The van der Waals surface area contributed by atoms with Crippen molar-refractivity contribution in [1.29, 1.82) is 0 Å². The van der Waals surface area contributed by atoms with E-state index in [-0.39, 0.29) is 5.56 Å². The van der Waals surface area contributed by atoms with E-state index in [1.54, 1.807) is 0 Å². The van der Waals surface area contributed by atoms with Gasteiger partial charge in [0.15, 0.2) is 0 Å². The summed E-state index contributed by atoms with van der Waals surface area (Å²) in [6, 6.07) is 11.7. The molecule has 0 bridgehead atoms. The zero-order valence-electron chi connectivity index (χ0n) is 9.31. The molecule has 0 amide bonds. The van der Waals surface area contributed by atoms with E-state index >= 15 is 0 Å². The second kappa shape index (κ2) is 4.05. The van der Waals surface area contributed by atoms with Crippen molar-refractivity contribution in [3.63, 3.8) is 0 Å². The molecule has 3 rings (SSSR count). The molecule has 1 aliphatic carbocycles. The highest BCUT2D eigenvalue weighted by atomic mass is 16.1. The lowest BCUT2D eigenvalue weighted by atomic mass is 10.1. The molecule has 0 spiro atoms. The van der Waals surface area contributed by atoms with Crippen LogP contribution in [0.1, 0.15) is 12.8 Å². The lowest BCUT2D eigenvalue weighted by Crippen LogP contribution is -2.13. The van der Waals surface area contributed by atoms with Gasteiger partial charge >= 0.3 is 0 Å². The number of hydrogen-bond acceptors (Lipinski definition) is 3. The fraction of sp³-hybridized carbons (Fsp3) is 0.231. The van der Waals surface area contributed by atoms with Crippen LogP contribution >= 0.6 is 0 Å². The highest BCUT2D eigenvalue weighted by molar-refractivity contribution is 5.59. The van der Waals surface area contributed by atoms with Gasteiger partial charge in [0.25, 0.3) is 5.56 Å². The molecule has 0 saturated heterocycles. The molecule has 0 unspecified atom stereocenters. The number of nitrogens with one attached hydrogen (secondary N) is 2. The van der Waals surface area contributed by atoms with Gasteiger partial charge in [-0.05, 0) is 12.8 Å². The molecular formula is C13H13N3O. The van der Waals surface area contributed by atoms with Crippen LogP contribution < -0.4 is 10.9 Å². The number of anilines is 1. The standard InChI is InChI=1S/C13H13N3O/c17-12-8-11(9-4-2-1-3-5-9)15-13(16-12)14-10-6-7-10/h1-5,8,10H,6-7H2,(H2,14,15,16,17). The summed E-state index contributed by atoms with van der Waals surface area (Å²) < 4.78 is 0. The second-order valence-corrected chi connectivity index (χ2v) is 4.26. The van der Waals surface area contributed by atoms with Crippen molar-refractivity contribution in [2.24, 2.45) is 0 Å². The average Bonchev–Trinajstić information content (AvgIpc) is 3.13. The Bertz CT molecular complexity index is 573. The fourth-order valence-corrected chi connectivity index (χ4v) is 1.70. The van der Waals surface area contributed by atoms with Gasteiger partial charge in [0, 0.05) is 17.7 Å². The summed E-state index contributed by atoms with van der Waals surface area (Å²) >= 11 is 0. The fourth-order valence-electron chi connectivity index (χ4n) is 1.70. The molecule has 2 aromatic rings. The first-order valence-electron chi connectivity index (χ1n) is 5.74. The SMILES string of the molecule is O=c1cc(-c2ccccc2)nc(NC2CC2)[nH]1. The van der Waals surface area contributed by atoms with E-state index in [4.69, 9.17) is 0 Å². The van der Waals surface area contributed by atoms with Gasteiger partial charge in [-0.15, -0.1) is 0 Å². The Labute approximate surface area is 98.7 Å². The molecule has 1 aliphatic rings. The van der Waals surface area contributed by atoms with Crippen LogP contribution in [0.4, 0.5) is 5.95 Å². The second-order valence-electron chi connectivity index (χ2n) is 4.26. The Kier molecular flexibility index (Phi) is 2.40. The van der Waals surface area contributed by atoms with Crippen LogP contribution in [0.3, 0.4) is 0 Å². The maximum absolute atomic E-state index is 11.6. The zero-order chi connectivity index (χ0) is 11.7. The van der Waals surface area contributed by atoms with Crippen molar-refractivity contribution in [2.75, 3.05) is 5.32 Å². The van der Waals surface area contributed by atoms with E-state index < -0.39 is 0 Å². The molecule has 1 heterocycles. The topological polar surface area (TPSA) is 57.8 Å². The molecule has 1 fully saturated rings. The molecule has 4 nitrogen and oxygen atoms in total. The van der Waals surface area contributed by atoms with E-state index in [1.807, 2.05) is 30.3 Å². The van der Waals surface area contributed by atoms with Gasteiger partial charge in [-0.25, -0.2) is 4.98 Å². The lowest BCUT2D eigenvalue weighted by molar-refractivity contribution is 1.04. The third-order valence-corrected chi connectivity index (χ3v) is 2.73. The first-order valence-corrected chi connectivity index (χ1v) is 5.74.